The van der Waals surface area contributed by atoms with Gasteiger partial charge in [-0.2, -0.15) is 0 Å². The molecule has 2 heteroatoms. The van der Waals surface area contributed by atoms with E-state index < -0.39 is 0 Å². The van der Waals surface area contributed by atoms with Crippen molar-refractivity contribution in [2.24, 2.45) is 4.99 Å². The van der Waals surface area contributed by atoms with Crippen LogP contribution in [0.4, 0.5) is 5.69 Å². The quantitative estimate of drug-likeness (QED) is 0.452. The van der Waals surface area contributed by atoms with E-state index in [1.165, 1.54) is 24.8 Å². The van der Waals surface area contributed by atoms with Crippen LogP contribution < -0.4 is 4.74 Å². The Bertz CT molecular complexity index is 570. The van der Waals surface area contributed by atoms with Crippen LogP contribution in [0.3, 0.4) is 0 Å². The lowest BCUT2D eigenvalue weighted by molar-refractivity contribution is 0.305. The number of hydrogen-bond acceptors (Lipinski definition) is 2. The molecule has 0 aliphatic heterocycles. The highest BCUT2D eigenvalue weighted by molar-refractivity contribution is 5.82. The highest BCUT2D eigenvalue weighted by Gasteiger charge is 1.95. The minimum Gasteiger partial charge on any atom is -0.494 e. The zero-order valence-electron chi connectivity index (χ0n) is 13.6. The molecule has 0 unspecified atom stereocenters. The van der Waals surface area contributed by atoms with Gasteiger partial charge in [-0.05, 0) is 55.3 Å². The van der Waals surface area contributed by atoms with Crippen LogP contribution in [0.5, 0.6) is 5.75 Å². The van der Waals surface area contributed by atoms with Crippen molar-refractivity contribution in [2.45, 2.75) is 39.5 Å². The number of rotatable bonds is 8. The number of benzene rings is 2. The molecule has 0 atom stereocenters. The van der Waals surface area contributed by atoms with Gasteiger partial charge in [-0.25, -0.2) is 0 Å². The van der Waals surface area contributed by atoms with Crippen LogP contribution >= 0.6 is 0 Å². The summed E-state index contributed by atoms with van der Waals surface area (Å²) in [5, 5.41) is 0. The second-order valence-corrected chi connectivity index (χ2v) is 5.57. The van der Waals surface area contributed by atoms with Crippen LogP contribution in [0.2, 0.25) is 0 Å². The van der Waals surface area contributed by atoms with Crippen LogP contribution in [0.1, 0.15) is 43.7 Å². The Morgan fingerprint density at radius 2 is 1.64 bits per heavy atom. The number of nitrogens with zero attached hydrogens (tertiary/aromatic N) is 1. The first-order valence-corrected chi connectivity index (χ1v) is 8.11. The van der Waals surface area contributed by atoms with Crippen molar-refractivity contribution in [1.29, 1.82) is 0 Å². The molecule has 0 saturated heterocycles. The Balaban J connectivity index is 1.82. The van der Waals surface area contributed by atoms with Gasteiger partial charge in [-0.15, -0.1) is 0 Å². The summed E-state index contributed by atoms with van der Waals surface area (Å²) in [7, 11) is 0. The molecule has 0 amide bonds. The van der Waals surface area contributed by atoms with Gasteiger partial charge >= 0.3 is 0 Å². The minimum atomic E-state index is 0.802. The van der Waals surface area contributed by atoms with Crippen molar-refractivity contribution in [3.8, 4) is 5.75 Å². The molecule has 2 aromatic rings. The number of aliphatic imine (C=N–C) groups is 1. The SMILES string of the molecule is CCCCCCOc1ccc(/C=N\c2ccc(C)cc2)cc1. The van der Waals surface area contributed by atoms with Gasteiger partial charge in [0.2, 0.25) is 0 Å². The lowest BCUT2D eigenvalue weighted by Gasteiger charge is -2.05. The fourth-order valence-corrected chi connectivity index (χ4v) is 2.15. The van der Waals surface area contributed by atoms with Crippen molar-refractivity contribution in [3.05, 3.63) is 59.7 Å². The van der Waals surface area contributed by atoms with Gasteiger partial charge in [0.1, 0.15) is 5.75 Å². The van der Waals surface area contributed by atoms with Gasteiger partial charge in [0.15, 0.2) is 0 Å². The Labute approximate surface area is 133 Å². The normalized spacial score (nSPS) is 11.0. The molecule has 116 valence electrons. The van der Waals surface area contributed by atoms with Crippen LogP contribution in [0.15, 0.2) is 53.5 Å². The Kier molecular flexibility index (Phi) is 6.69. The van der Waals surface area contributed by atoms with E-state index in [1.807, 2.05) is 42.6 Å². The summed E-state index contributed by atoms with van der Waals surface area (Å²) < 4.78 is 5.74. The van der Waals surface area contributed by atoms with Gasteiger partial charge in [0.05, 0.1) is 12.3 Å². The van der Waals surface area contributed by atoms with Gasteiger partial charge < -0.3 is 4.74 Å². The summed E-state index contributed by atoms with van der Waals surface area (Å²) in [6.07, 6.45) is 6.81. The molecule has 0 fully saturated rings. The maximum absolute atomic E-state index is 5.74. The first-order valence-electron chi connectivity index (χ1n) is 8.11. The summed E-state index contributed by atoms with van der Waals surface area (Å²) in [4.78, 5) is 4.48. The van der Waals surface area contributed by atoms with Crippen molar-refractivity contribution in [1.82, 2.24) is 0 Å². The molecule has 0 aliphatic rings. The summed E-state index contributed by atoms with van der Waals surface area (Å²) in [5.74, 6) is 0.934. The zero-order valence-corrected chi connectivity index (χ0v) is 13.6. The molecule has 2 aromatic carbocycles. The van der Waals surface area contributed by atoms with E-state index in [-0.39, 0.29) is 0 Å². The average Bonchev–Trinajstić information content (AvgIpc) is 2.55. The Morgan fingerprint density at radius 3 is 2.32 bits per heavy atom. The van der Waals surface area contributed by atoms with Crippen LogP contribution in [-0.2, 0) is 0 Å². The van der Waals surface area contributed by atoms with Crippen molar-refractivity contribution in [2.75, 3.05) is 6.61 Å². The van der Waals surface area contributed by atoms with E-state index in [4.69, 9.17) is 4.74 Å². The number of unbranched alkanes of at least 4 members (excludes halogenated alkanes) is 3. The summed E-state index contributed by atoms with van der Waals surface area (Å²) in [5.41, 5.74) is 3.31. The first kappa shape index (κ1) is 16.3. The highest BCUT2D eigenvalue weighted by Crippen LogP contribution is 2.15. The third-order valence-electron chi connectivity index (χ3n) is 3.54. The molecule has 2 nitrogen and oxygen atoms in total. The molecule has 0 aromatic heterocycles. The summed E-state index contributed by atoms with van der Waals surface area (Å²) in [6, 6.07) is 16.3. The maximum atomic E-state index is 5.74. The van der Waals surface area contributed by atoms with Gasteiger partial charge in [-0.3, -0.25) is 4.99 Å². The lowest BCUT2D eigenvalue weighted by Crippen LogP contribution is -1.97. The van der Waals surface area contributed by atoms with E-state index in [0.717, 1.165) is 30.0 Å². The van der Waals surface area contributed by atoms with E-state index >= 15 is 0 Å². The van der Waals surface area contributed by atoms with E-state index in [9.17, 15) is 0 Å². The van der Waals surface area contributed by atoms with E-state index in [1.54, 1.807) is 0 Å². The van der Waals surface area contributed by atoms with Crippen LogP contribution in [-0.4, -0.2) is 12.8 Å². The topological polar surface area (TPSA) is 21.6 Å². The molecule has 0 radical (unpaired) electrons. The predicted octanol–water partition coefficient (Wildman–Crippen LogP) is 5.70. The van der Waals surface area contributed by atoms with Crippen molar-refractivity contribution >= 4 is 11.9 Å². The fraction of sp³-hybridized carbons (Fsp3) is 0.350. The fourth-order valence-electron chi connectivity index (χ4n) is 2.15. The zero-order chi connectivity index (χ0) is 15.6. The molecule has 0 aliphatic carbocycles. The second kappa shape index (κ2) is 9.04. The second-order valence-electron chi connectivity index (χ2n) is 5.57. The number of ether oxygens (including phenoxy) is 1. The van der Waals surface area contributed by atoms with Crippen molar-refractivity contribution < 1.29 is 4.74 Å². The molecule has 0 spiro atoms. The standard InChI is InChI=1S/C20H25NO/c1-3-4-5-6-15-22-20-13-9-18(10-14-20)16-21-19-11-7-17(2)8-12-19/h7-14,16H,3-6,15H2,1-2H3/b21-16-. The number of hydrogen-bond donors (Lipinski definition) is 0. The minimum absolute atomic E-state index is 0.802. The molecule has 0 bridgehead atoms. The monoisotopic (exact) mass is 295 g/mol. The van der Waals surface area contributed by atoms with Gasteiger partial charge in [0.25, 0.3) is 0 Å². The van der Waals surface area contributed by atoms with Gasteiger partial charge in [-0.1, -0.05) is 43.9 Å². The Morgan fingerprint density at radius 1 is 0.909 bits per heavy atom. The molecule has 0 saturated carbocycles. The summed E-state index contributed by atoms with van der Waals surface area (Å²) in [6.45, 7) is 5.10. The lowest BCUT2D eigenvalue weighted by atomic mass is 10.2. The summed E-state index contributed by atoms with van der Waals surface area (Å²) >= 11 is 0. The molecule has 22 heavy (non-hydrogen) atoms. The Hall–Kier alpha value is -2.09. The van der Waals surface area contributed by atoms with Crippen LogP contribution in [0, 0.1) is 6.92 Å². The highest BCUT2D eigenvalue weighted by atomic mass is 16.5. The number of aryl methyl sites for hydroxylation is 1. The first-order chi connectivity index (χ1) is 10.8. The molecular weight excluding hydrogens is 270 g/mol. The largest absolute Gasteiger partial charge is 0.494 e. The molecule has 0 heterocycles. The van der Waals surface area contributed by atoms with Crippen LogP contribution in [0.25, 0.3) is 0 Å². The van der Waals surface area contributed by atoms with E-state index in [2.05, 4.69) is 31.0 Å². The molecule has 2 rings (SSSR count). The predicted molar refractivity (Wildman–Crippen MR) is 94.5 cm³/mol. The van der Waals surface area contributed by atoms with E-state index in [0.29, 0.717) is 0 Å². The van der Waals surface area contributed by atoms with Gasteiger partial charge in [0, 0.05) is 6.21 Å². The van der Waals surface area contributed by atoms with Crippen molar-refractivity contribution in [3.63, 3.8) is 0 Å². The smallest absolute Gasteiger partial charge is 0.119 e. The maximum Gasteiger partial charge on any atom is 0.119 e. The third-order valence-corrected chi connectivity index (χ3v) is 3.54. The third kappa shape index (κ3) is 5.72. The average molecular weight is 295 g/mol. The molecule has 0 N–H and O–H groups in total. The molecular formula is C20H25NO.